The van der Waals surface area contributed by atoms with E-state index in [1.807, 2.05) is 27.2 Å². The molecule has 0 rings (SSSR count). The van der Waals surface area contributed by atoms with Crippen LogP contribution in [0.1, 0.15) is 399 Å². The molecule has 0 aromatic carbocycles. The van der Waals surface area contributed by atoms with Gasteiger partial charge in [0.25, 0.3) is 7.82 Å². The lowest BCUT2D eigenvalue weighted by Crippen LogP contribution is -2.45. The van der Waals surface area contributed by atoms with Gasteiger partial charge in [0.2, 0.25) is 5.91 Å². The highest BCUT2D eigenvalue weighted by Gasteiger charge is 2.23. The monoisotopic (exact) mass is 1210 g/mol. The molecule has 0 fully saturated rings. The molecule has 500 valence electrons. The number of phosphoric ester groups is 1. The number of phosphoric acid groups is 1. The summed E-state index contributed by atoms with van der Waals surface area (Å²) in [5.74, 6) is -0.187. The Labute approximate surface area is 525 Å². The Balaban J connectivity index is 3.94. The van der Waals surface area contributed by atoms with Crippen LogP contribution in [0.5, 0.6) is 0 Å². The molecule has 2 N–H and O–H groups in total. The van der Waals surface area contributed by atoms with Gasteiger partial charge in [-0.3, -0.25) is 9.36 Å². The highest BCUT2D eigenvalue weighted by molar-refractivity contribution is 7.45. The second-order valence-corrected chi connectivity index (χ2v) is 28.8. The summed E-state index contributed by atoms with van der Waals surface area (Å²) in [5, 5.41) is 14.0. The lowest BCUT2D eigenvalue weighted by molar-refractivity contribution is -0.870. The largest absolute Gasteiger partial charge is 0.756 e. The maximum absolute atomic E-state index is 13.1. The maximum Gasteiger partial charge on any atom is 0.268 e. The van der Waals surface area contributed by atoms with Crippen LogP contribution in [0.25, 0.3) is 0 Å². The zero-order valence-corrected chi connectivity index (χ0v) is 58.3. The molecule has 0 aliphatic carbocycles. The van der Waals surface area contributed by atoms with Gasteiger partial charge < -0.3 is 28.8 Å². The molecule has 3 atom stereocenters. The van der Waals surface area contributed by atoms with Gasteiger partial charge in [0.15, 0.2) is 0 Å². The second-order valence-electron chi connectivity index (χ2n) is 27.4. The van der Waals surface area contributed by atoms with Crippen molar-refractivity contribution in [2.75, 3.05) is 40.9 Å². The third-order valence-electron chi connectivity index (χ3n) is 17.7. The maximum atomic E-state index is 13.1. The molecular weight excluding hydrogens is 1060 g/mol. The van der Waals surface area contributed by atoms with E-state index in [0.29, 0.717) is 17.4 Å². The second kappa shape index (κ2) is 66.4. The number of nitrogens with one attached hydrogen (secondary N) is 1. The number of allylic oxidation sites excluding steroid dienone is 3. The molecule has 8 nitrogen and oxygen atoms in total. The summed E-state index contributed by atoms with van der Waals surface area (Å²) in [4.78, 5) is 25.7. The van der Waals surface area contributed by atoms with Crippen molar-refractivity contribution in [1.82, 2.24) is 5.32 Å². The van der Waals surface area contributed by atoms with E-state index in [4.69, 9.17) is 9.05 Å². The molecule has 0 aliphatic rings. The number of carbonyl (C=O) groups is 1. The number of amides is 1. The fourth-order valence-corrected chi connectivity index (χ4v) is 12.5. The average Bonchev–Trinajstić information content (AvgIpc) is 3.56. The number of likely N-dealkylation sites (N-methyl/N-ethyl adjacent to an activating group) is 1. The number of quaternary nitrogens is 1. The number of rotatable bonds is 71. The first-order valence-electron chi connectivity index (χ1n) is 37.7. The average molecular weight is 1210 g/mol. The first-order valence-corrected chi connectivity index (χ1v) is 39.2. The Hall–Kier alpha value is -1.02. The molecule has 0 aromatic rings. The third kappa shape index (κ3) is 68.5. The van der Waals surface area contributed by atoms with Crippen LogP contribution in [0.15, 0.2) is 24.3 Å². The van der Waals surface area contributed by atoms with Crippen molar-refractivity contribution in [3.05, 3.63) is 24.3 Å². The van der Waals surface area contributed by atoms with Crippen molar-refractivity contribution in [3.8, 4) is 0 Å². The van der Waals surface area contributed by atoms with E-state index in [2.05, 4.69) is 31.3 Å². The zero-order chi connectivity index (χ0) is 61.2. The molecule has 9 heteroatoms. The minimum Gasteiger partial charge on any atom is -0.756 e. The van der Waals surface area contributed by atoms with Crippen molar-refractivity contribution in [3.63, 3.8) is 0 Å². The Bertz CT molecular complexity index is 1420. The van der Waals surface area contributed by atoms with Crippen molar-refractivity contribution in [2.24, 2.45) is 0 Å². The molecular formula is C75H149N2O6P. The quantitative estimate of drug-likeness (QED) is 0.0272. The molecule has 0 radical (unpaired) electrons. The topological polar surface area (TPSA) is 108 Å². The van der Waals surface area contributed by atoms with Crippen LogP contribution >= 0.6 is 7.82 Å². The predicted molar refractivity (Wildman–Crippen MR) is 367 cm³/mol. The summed E-state index contributed by atoms with van der Waals surface area (Å²) >= 11 is 0. The van der Waals surface area contributed by atoms with E-state index in [-0.39, 0.29) is 19.1 Å². The molecule has 1 amide bonds. The van der Waals surface area contributed by atoms with Gasteiger partial charge >= 0.3 is 0 Å². The molecule has 84 heavy (non-hydrogen) atoms. The van der Waals surface area contributed by atoms with E-state index in [1.165, 1.54) is 340 Å². The minimum atomic E-state index is -4.60. The number of unbranched alkanes of at least 4 members (excludes halogenated alkanes) is 56. The molecule has 3 unspecified atom stereocenters. The SMILES string of the molecule is CCCCCCCCCC/C=C\CCCCCCCCCCCCCCCCCCCCCCCCCCCC(=O)NC(COP(=O)([O-])OCC[N+](C)(C)C)C(O)/C=C/CCCCCCCCCCCCCCCCCCCCCCCCC. The summed E-state index contributed by atoms with van der Waals surface area (Å²) in [5.41, 5.74) is 0. The number of nitrogens with zero attached hydrogens (tertiary/aromatic N) is 1. The van der Waals surface area contributed by atoms with Gasteiger partial charge in [0, 0.05) is 6.42 Å². The number of hydrogen-bond donors (Lipinski definition) is 2. The highest BCUT2D eigenvalue weighted by Crippen LogP contribution is 2.38. The molecule has 0 saturated carbocycles. The normalized spacial score (nSPS) is 13.7. The van der Waals surface area contributed by atoms with Gasteiger partial charge in [0.1, 0.15) is 13.2 Å². The lowest BCUT2D eigenvalue weighted by atomic mass is 10.0. The number of carbonyl (C=O) groups excluding carboxylic acids is 1. The van der Waals surface area contributed by atoms with Gasteiger partial charge in [-0.1, -0.05) is 372 Å². The van der Waals surface area contributed by atoms with Crippen LogP contribution in [-0.4, -0.2) is 68.5 Å². The summed E-state index contributed by atoms with van der Waals surface area (Å²) < 4.78 is 23.5. The third-order valence-corrected chi connectivity index (χ3v) is 18.6. The summed E-state index contributed by atoms with van der Waals surface area (Å²) in [6.45, 7) is 4.72. The Morgan fingerprint density at radius 3 is 0.929 bits per heavy atom. The van der Waals surface area contributed by atoms with Crippen molar-refractivity contribution < 1.29 is 32.9 Å². The van der Waals surface area contributed by atoms with Crippen molar-refractivity contribution in [2.45, 2.75) is 411 Å². The van der Waals surface area contributed by atoms with Gasteiger partial charge in [-0.15, -0.1) is 0 Å². The number of aliphatic hydroxyl groups excluding tert-OH is 1. The Morgan fingerprint density at radius 1 is 0.405 bits per heavy atom. The molecule has 0 saturated heterocycles. The molecule has 0 heterocycles. The van der Waals surface area contributed by atoms with E-state index < -0.39 is 20.0 Å². The lowest BCUT2D eigenvalue weighted by Gasteiger charge is -2.29. The van der Waals surface area contributed by atoms with E-state index in [1.54, 1.807) is 6.08 Å². The van der Waals surface area contributed by atoms with Gasteiger partial charge in [-0.25, -0.2) is 0 Å². The van der Waals surface area contributed by atoms with E-state index in [9.17, 15) is 19.4 Å². The summed E-state index contributed by atoms with van der Waals surface area (Å²) in [6, 6.07) is -0.885. The number of aliphatic hydroxyl groups is 1. The summed E-state index contributed by atoms with van der Waals surface area (Å²) in [7, 11) is 1.28. The van der Waals surface area contributed by atoms with Crippen LogP contribution in [0, 0.1) is 0 Å². The van der Waals surface area contributed by atoms with Crippen molar-refractivity contribution in [1.29, 1.82) is 0 Å². The van der Waals surface area contributed by atoms with Crippen LogP contribution < -0.4 is 10.2 Å². The minimum absolute atomic E-state index is 0.00232. The number of hydrogen-bond acceptors (Lipinski definition) is 6. The standard InChI is InChI=1S/C75H149N2O6P/c1-6-8-10-12-14-16-18-20-22-24-26-28-30-32-33-34-35-36-37-38-39-40-41-42-43-45-47-49-51-53-55-57-59-61-63-65-67-69-75(79)76-73(72-83-84(80,81)82-71-70-77(3,4)5)74(78)68-66-64-62-60-58-56-54-52-50-48-46-44-31-29-27-25-23-21-19-17-15-13-11-9-7-2/h24,26,66,68,73-74,78H,6-23,25,27-65,67,69-72H2,1-5H3,(H-,76,79,80,81)/b26-24-,68-66+. The first kappa shape index (κ1) is 83.0. The highest BCUT2D eigenvalue weighted by atomic mass is 31.2. The van der Waals surface area contributed by atoms with Crippen LogP contribution in [0.3, 0.4) is 0 Å². The summed E-state index contributed by atoms with van der Waals surface area (Å²) in [6.07, 6.45) is 87.6. The van der Waals surface area contributed by atoms with Crippen molar-refractivity contribution >= 4 is 13.7 Å². The van der Waals surface area contributed by atoms with Gasteiger partial charge in [-0.05, 0) is 44.9 Å². The molecule has 0 aliphatic heterocycles. The predicted octanol–water partition coefficient (Wildman–Crippen LogP) is 23.6. The van der Waals surface area contributed by atoms with Crippen LogP contribution in [0.4, 0.5) is 0 Å². The molecule has 0 aromatic heterocycles. The van der Waals surface area contributed by atoms with E-state index >= 15 is 0 Å². The van der Waals surface area contributed by atoms with Gasteiger partial charge in [-0.2, -0.15) is 0 Å². The van der Waals surface area contributed by atoms with Crippen LogP contribution in [-0.2, 0) is 18.4 Å². The molecule has 0 bridgehead atoms. The smallest absolute Gasteiger partial charge is 0.268 e. The zero-order valence-electron chi connectivity index (χ0n) is 57.4. The Kier molecular flexibility index (Phi) is 65.6. The van der Waals surface area contributed by atoms with E-state index in [0.717, 1.165) is 38.5 Å². The fourth-order valence-electron chi connectivity index (χ4n) is 11.8. The fraction of sp³-hybridized carbons (Fsp3) is 0.933. The Morgan fingerprint density at radius 2 is 0.655 bits per heavy atom. The molecule has 0 spiro atoms. The van der Waals surface area contributed by atoms with Gasteiger partial charge in [0.05, 0.1) is 39.9 Å². The first-order chi connectivity index (χ1) is 41.0. The van der Waals surface area contributed by atoms with Crippen LogP contribution in [0.2, 0.25) is 0 Å².